The highest BCUT2D eigenvalue weighted by Gasteiger charge is 2.31. The van der Waals surface area contributed by atoms with Gasteiger partial charge in [-0.2, -0.15) is 13.2 Å². The SMILES string of the molecule is Cc1nc(SCc2cccc(C(=O)NCc3ccccc3)c2)nc(N2CCN(c3cccc(C(F)(F)F)c3)CC2)c1C. The summed E-state index contributed by atoms with van der Waals surface area (Å²) in [6.07, 6.45) is -4.36. The smallest absolute Gasteiger partial charge is 0.368 e. The van der Waals surface area contributed by atoms with E-state index in [1.165, 1.54) is 23.9 Å². The lowest BCUT2D eigenvalue weighted by atomic mass is 10.1. The molecule has 0 spiro atoms. The maximum atomic E-state index is 13.2. The Bertz CT molecular complexity index is 1540. The molecular weight excluding hydrogens is 559 g/mol. The second kappa shape index (κ2) is 12.9. The molecule has 1 fully saturated rings. The molecule has 3 aromatic carbocycles. The third-order valence-corrected chi connectivity index (χ3v) is 8.23. The summed E-state index contributed by atoms with van der Waals surface area (Å²) < 4.78 is 39.6. The van der Waals surface area contributed by atoms with Gasteiger partial charge in [-0.25, -0.2) is 9.97 Å². The van der Waals surface area contributed by atoms with Crippen LogP contribution in [0.3, 0.4) is 0 Å². The van der Waals surface area contributed by atoms with Gasteiger partial charge in [0.25, 0.3) is 5.91 Å². The molecule has 1 aliphatic rings. The summed E-state index contributed by atoms with van der Waals surface area (Å²) in [5.74, 6) is 1.33. The van der Waals surface area contributed by atoms with E-state index in [9.17, 15) is 18.0 Å². The first-order chi connectivity index (χ1) is 20.2. The summed E-state index contributed by atoms with van der Waals surface area (Å²) in [5.41, 5.74) is 4.45. The largest absolute Gasteiger partial charge is 0.416 e. The lowest BCUT2D eigenvalue weighted by Crippen LogP contribution is -2.47. The zero-order valence-electron chi connectivity index (χ0n) is 23.5. The standard InChI is InChI=1S/C32H32F3N5OS/c1-22-23(2)37-31(42-21-25-10-6-11-26(18-25)30(41)36-20-24-8-4-3-5-9-24)38-29(22)40-16-14-39(15-17-40)28-13-7-12-27(19-28)32(33,34)35/h3-13,18-19H,14-17,20-21H2,1-2H3,(H,36,41). The molecule has 4 aromatic rings. The van der Waals surface area contributed by atoms with Gasteiger partial charge in [0, 0.05) is 61.0 Å². The molecule has 0 bridgehead atoms. The fraction of sp³-hybridized carbons (Fsp3) is 0.281. The minimum absolute atomic E-state index is 0.125. The Morgan fingerprint density at radius 2 is 1.55 bits per heavy atom. The Labute approximate surface area is 248 Å². The van der Waals surface area contributed by atoms with Crippen LogP contribution in [0.15, 0.2) is 84.0 Å². The maximum absolute atomic E-state index is 13.2. The predicted molar refractivity (Wildman–Crippen MR) is 161 cm³/mol. The van der Waals surface area contributed by atoms with Crippen LogP contribution in [0.1, 0.15) is 38.3 Å². The number of rotatable bonds is 8. The van der Waals surface area contributed by atoms with E-state index in [1.807, 2.05) is 67.3 Å². The molecule has 0 radical (unpaired) electrons. The molecule has 1 aromatic heterocycles. The molecule has 42 heavy (non-hydrogen) atoms. The molecule has 0 unspecified atom stereocenters. The number of anilines is 2. The van der Waals surface area contributed by atoms with E-state index >= 15 is 0 Å². The molecule has 1 N–H and O–H groups in total. The number of hydrogen-bond acceptors (Lipinski definition) is 6. The molecule has 0 aliphatic carbocycles. The zero-order valence-corrected chi connectivity index (χ0v) is 24.3. The molecule has 6 nitrogen and oxygen atoms in total. The van der Waals surface area contributed by atoms with Crippen LogP contribution >= 0.6 is 11.8 Å². The number of nitrogens with zero attached hydrogens (tertiary/aromatic N) is 4. The van der Waals surface area contributed by atoms with Crippen molar-refractivity contribution in [3.05, 3.63) is 112 Å². The Balaban J connectivity index is 1.21. The topological polar surface area (TPSA) is 61.4 Å². The number of nitrogens with one attached hydrogen (secondary N) is 1. The van der Waals surface area contributed by atoms with Crippen molar-refractivity contribution in [3.8, 4) is 0 Å². The summed E-state index contributed by atoms with van der Waals surface area (Å²) in [6.45, 7) is 6.87. The second-order valence-electron chi connectivity index (χ2n) is 10.2. The number of benzene rings is 3. The van der Waals surface area contributed by atoms with E-state index in [0.29, 0.717) is 54.9 Å². The number of aromatic nitrogens is 2. The summed E-state index contributed by atoms with van der Waals surface area (Å²) >= 11 is 1.51. The van der Waals surface area contributed by atoms with Crippen LogP contribution < -0.4 is 15.1 Å². The van der Waals surface area contributed by atoms with Crippen molar-refractivity contribution in [2.75, 3.05) is 36.0 Å². The van der Waals surface area contributed by atoms with Crippen LogP contribution in [0.5, 0.6) is 0 Å². The zero-order chi connectivity index (χ0) is 29.7. The van der Waals surface area contributed by atoms with Gasteiger partial charge in [-0.3, -0.25) is 4.79 Å². The molecule has 5 rings (SSSR count). The second-order valence-corrected chi connectivity index (χ2v) is 11.2. The lowest BCUT2D eigenvalue weighted by Gasteiger charge is -2.37. The van der Waals surface area contributed by atoms with Crippen molar-refractivity contribution in [2.24, 2.45) is 0 Å². The molecule has 218 valence electrons. The van der Waals surface area contributed by atoms with Crippen molar-refractivity contribution < 1.29 is 18.0 Å². The number of carbonyl (C=O) groups is 1. The van der Waals surface area contributed by atoms with Crippen LogP contribution in [-0.2, 0) is 18.5 Å². The van der Waals surface area contributed by atoms with Crippen LogP contribution in [0.4, 0.5) is 24.7 Å². The van der Waals surface area contributed by atoms with Gasteiger partial charge >= 0.3 is 6.18 Å². The maximum Gasteiger partial charge on any atom is 0.416 e. The molecular formula is C32H32F3N5OS. The van der Waals surface area contributed by atoms with Gasteiger partial charge < -0.3 is 15.1 Å². The Kier molecular flexibility index (Phi) is 9.01. The third-order valence-electron chi connectivity index (χ3n) is 7.31. The van der Waals surface area contributed by atoms with Gasteiger partial charge in [0.15, 0.2) is 5.16 Å². The van der Waals surface area contributed by atoms with Crippen molar-refractivity contribution in [3.63, 3.8) is 0 Å². The molecule has 1 amide bonds. The lowest BCUT2D eigenvalue weighted by molar-refractivity contribution is -0.137. The predicted octanol–water partition coefficient (Wildman–Crippen LogP) is 6.66. The normalized spacial score (nSPS) is 13.7. The summed E-state index contributed by atoms with van der Waals surface area (Å²) in [4.78, 5) is 26.4. The highest BCUT2D eigenvalue weighted by Crippen LogP contribution is 2.32. The number of amides is 1. The Morgan fingerprint density at radius 3 is 2.29 bits per heavy atom. The molecule has 0 saturated carbocycles. The average molecular weight is 592 g/mol. The van der Waals surface area contributed by atoms with Gasteiger partial charge in [0.1, 0.15) is 5.82 Å². The summed E-state index contributed by atoms with van der Waals surface area (Å²) in [5, 5.41) is 3.61. The van der Waals surface area contributed by atoms with E-state index < -0.39 is 11.7 Å². The van der Waals surface area contributed by atoms with E-state index in [2.05, 4.69) is 15.2 Å². The fourth-order valence-corrected chi connectivity index (χ4v) is 5.67. The van der Waals surface area contributed by atoms with Gasteiger partial charge in [-0.1, -0.05) is 60.3 Å². The highest BCUT2D eigenvalue weighted by molar-refractivity contribution is 7.98. The van der Waals surface area contributed by atoms with Gasteiger partial charge in [-0.15, -0.1) is 0 Å². The van der Waals surface area contributed by atoms with Crippen LogP contribution in [-0.4, -0.2) is 42.1 Å². The summed E-state index contributed by atoms with van der Waals surface area (Å²) in [7, 11) is 0. The number of thioether (sulfide) groups is 1. The van der Waals surface area contributed by atoms with Crippen LogP contribution in [0, 0.1) is 13.8 Å². The Morgan fingerprint density at radius 1 is 0.857 bits per heavy atom. The minimum atomic E-state index is -4.36. The van der Waals surface area contributed by atoms with Crippen molar-refractivity contribution in [1.82, 2.24) is 15.3 Å². The number of piperazine rings is 1. The molecule has 0 atom stereocenters. The van der Waals surface area contributed by atoms with E-state index in [-0.39, 0.29) is 5.91 Å². The van der Waals surface area contributed by atoms with E-state index in [4.69, 9.17) is 4.98 Å². The number of alkyl halides is 3. The molecule has 1 saturated heterocycles. The van der Waals surface area contributed by atoms with Crippen molar-refractivity contribution >= 4 is 29.2 Å². The third kappa shape index (κ3) is 7.23. The quantitative estimate of drug-likeness (QED) is 0.183. The monoisotopic (exact) mass is 591 g/mol. The van der Waals surface area contributed by atoms with Gasteiger partial charge in [0.2, 0.25) is 0 Å². The first-order valence-corrected chi connectivity index (χ1v) is 14.7. The minimum Gasteiger partial charge on any atom is -0.368 e. The number of hydrogen-bond donors (Lipinski definition) is 1. The van der Waals surface area contributed by atoms with Crippen LogP contribution in [0.2, 0.25) is 0 Å². The molecule has 2 heterocycles. The number of aryl methyl sites for hydroxylation is 1. The number of halogens is 3. The van der Waals surface area contributed by atoms with Gasteiger partial charge in [-0.05, 0) is 55.3 Å². The first kappa shape index (κ1) is 29.4. The van der Waals surface area contributed by atoms with E-state index in [1.54, 1.807) is 12.1 Å². The van der Waals surface area contributed by atoms with Crippen molar-refractivity contribution in [2.45, 2.75) is 37.5 Å². The summed E-state index contributed by atoms with van der Waals surface area (Å²) in [6, 6.07) is 22.8. The van der Waals surface area contributed by atoms with E-state index in [0.717, 1.165) is 34.3 Å². The average Bonchev–Trinajstić information content (AvgIpc) is 3.01. The first-order valence-electron chi connectivity index (χ1n) is 13.7. The highest BCUT2D eigenvalue weighted by atomic mass is 32.2. The van der Waals surface area contributed by atoms with Crippen molar-refractivity contribution in [1.29, 1.82) is 0 Å². The van der Waals surface area contributed by atoms with Crippen LogP contribution in [0.25, 0.3) is 0 Å². The molecule has 10 heteroatoms. The Hall–Kier alpha value is -4.05. The number of carbonyl (C=O) groups excluding carboxylic acids is 1. The van der Waals surface area contributed by atoms with Gasteiger partial charge in [0.05, 0.1) is 5.56 Å². The molecule has 1 aliphatic heterocycles. The fourth-order valence-electron chi connectivity index (χ4n) is 4.85.